The van der Waals surface area contributed by atoms with Crippen molar-refractivity contribution in [2.45, 2.75) is 26.7 Å². The maximum Gasteiger partial charge on any atom is 0.309 e. The fourth-order valence-electron chi connectivity index (χ4n) is 3.81. The maximum atomic E-state index is 13.5. The maximum absolute atomic E-state index is 13.5. The molecule has 1 saturated heterocycles. The van der Waals surface area contributed by atoms with Gasteiger partial charge in [-0.05, 0) is 56.5 Å². The molecule has 4 rings (SSSR count). The van der Waals surface area contributed by atoms with Gasteiger partial charge in [-0.3, -0.25) is 14.9 Å². The number of hydrogen-bond acceptors (Lipinski definition) is 7. The van der Waals surface area contributed by atoms with Gasteiger partial charge in [-0.1, -0.05) is 11.6 Å². The standard InChI is InChI=1S/C24H24ClFN4O3S/c1-3-33-23(32)15-6-8-30(9-7-15)21-18(25)11-17(12-27-21)22(31)29-24-28-20(13-34-24)16-4-5-19(26)14(2)10-16/h4-5,10-13,15H,3,6-9H2,1-2H3,(H,28,29,31). The van der Waals surface area contributed by atoms with Crippen LogP contribution >= 0.6 is 22.9 Å². The van der Waals surface area contributed by atoms with E-state index in [2.05, 4.69) is 15.3 Å². The number of piperidine rings is 1. The fraction of sp³-hybridized carbons (Fsp3) is 0.333. The third-order valence-corrected chi connectivity index (χ3v) is 6.71. The molecule has 1 aliphatic rings. The number of carbonyl (C=O) groups excluding carboxylic acids is 2. The van der Waals surface area contributed by atoms with Crippen molar-refractivity contribution < 1.29 is 18.7 Å². The summed E-state index contributed by atoms with van der Waals surface area (Å²) in [6.07, 6.45) is 2.81. The molecular formula is C24H24ClFN4O3S. The number of benzene rings is 1. The van der Waals surface area contributed by atoms with Gasteiger partial charge in [0.1, 0.15) is 11.6 Å². The summed E-state index contributed by atoms with van der Waals surface area (Å²) in [4.78, 5) is 35.5. The highest BCUT2D eigenvalue weighted by atomic mass is 35.5. The number of amides is 1. The van der Waals surface area contributed by atoms with Gasteiger partial charge in [-0.25, -0.2) is 14.4 Å². The molecule has 2 aromatic heterocycles. The molecule has 3 heterocycles. The predicted octanol–water partition coefficient (Wildman–Crippen LogP) is 5.34. The van der Waals surface area contributed by atoms with Crippen LogP contribution in [0.4, 0.5) is 15.3 Å². The molecule has 178 valence electrons. The van der Waals surface area contributed by atoms with Crippen molar-refractivity contribution in [3.05, 3.63) is 57.8 Å². The van der Waals surface area contributed by atoms with E-state index in [4.69, 9.17) is 16.3 Å². The first kappa shape index (κ1) is 24.1. The van der Waals surface area contributed by atoms with Crippen LogP contribution in [0, 0.1) is 18.7 Å². The number of aromatic nitrogens is 2. The zero-order valence-corrected chi connectivity index (χ0v) is 20.4. The predicted molar refractivity (Wildman–Crippen MR) is 131 cm³/mol. The molecule has 34 heavy (non-hydrogen) atoms. The Morgan fingerprint density at radius 3 is 2.74 bits per heavy atom. The van der Waals surface area contributed by atoms with Gasteiger partial charge in [0.2, 0.25) is 0 Å². The van der Waals surface area contributed by atoms with E-state index < -0.39 is 0 Å². The summed E-state index contributed by atoms with van der Waals surface area (Å²) >= 11 is 7.73. The highest BCUT2D eigenvalue weighted by Crippen LogP contribution is 2.30. The van der Waals surface area contributed by atoms with Crippen molar-refractivity contribution in [2.24, 2.45) is 5.92 Å². The summed E-state index contributed by atoms with van der Waals surface area (Å²) in [5.74, 6) is -0.333. The molecule has 0 saturated carbocycles. The van der Waals surface area contributed by atoms with E-state index >= 15 is 0 Å². The normalized spacial score (nSPS) is 14.2. The molecule has 0 spiro atoms. The van der Waals surface area contributed by atoms with Crippen molar-refractivity contribution in [1.82, 2.24) is 9.97 Å². The summed E-state index contributed by atoms with van der Waals surface area (Å²) in [7, 11) is 0. The molecule has 1 aromatic carbocycles. The first-order valence-corrected chi connectivity index (χ1v) is 12.2. The Kier molecular flexibility index (Phi) is 7.43. The van der Waals surface area contributed by atoms with Crippen LogP contribution < -0.4 is 10.2 Å². The molecule has 1 amide bonds. The van der Waals surface area contributed by atoms with Gasteiger partial charge < -0.3 is 9.64 Å². The lowest BCUT2D eigenvalue weighted by Crippen LogP contribution is -2.37. The van der Waals surface area contributed by atoms with Gasteiger partial charge >= 0.3 is 5.97 Å². The number of nitrogens with one attached hydrogen (secondary N) is 1. The molecule has 0 aliphatic carbocycles. The van der Waals surface area contributed by atoms with Crippen LogP contribution in [0.25, 0.3) is 11.3 Å². The summed E-state index contributed by atoms with van der Waals surface area (Å²) in [5, 5.41) is 5.35. The first-order valence-electron chi connectivity index (χ1n) is 11.0. The number of ether oxygens (including phenoxy) is 1. The summed E-state index contributed by atoms with van der Waals surface area (Å²) in [6.45, 7) is 5.13. The minimum atomic E-state index is -0.377. The third kappa shape index (κ3) is 5.37. The number of esters is 1. The largest absolute Gasteiger partial charge is 0.466 e. The highest BCUT2D eigenvalue weighted by Gasteiger charge is 2.27. The highest BCUT2D eigenvalue weighted by molar-refractivity contribution is 7.14. The van der Waals surface area contributed by atoms with Gasteiger partial charge in [0.15, 0.2) is 5.13 Å². The molecule has 0 bridgehead atoms. The van der Waals surface area contributed by atoms with Crippen LogP contribution in [0.1, 0.15) is 35.7 Å². The van der Waals surface area contributed by atoms with Gasteiger partial charge in [0, 0.05) is 30.2 Å². The summed E-state index contributed by atoms with van der Waals surface area (Å²) < 4.78 is 18.6. The average molecular weight is 503 g/mol. The van der Waals surface area contributed by atoms with E-state index in [0.717, 1.165) is 5.56 Å². The molecule has 1 aliphatic heterocycles. The molecule has 0 atom stereocenters. The van der Waals surface area contributed by atoms with Crippen LogP contribution in [-0.2, 0) is 9.53 Å². The van der Waals surface area contributed by atoms with E-state index in [1.165, 1.54) is 23.6 Å². The molecular weight excluding hydrogens is 479 g/mol. The summed E-state index contributed by atoms with van der Waals surface area (Å²) in [6, 6.07) is 6.35. The fourth-order valence-corrected chi connectivity index (χ4v) is 4.81. The molecule has 3 aromatic rings. The summed E-state index contributed by atoms with van der Waals surface area (Å²) in [5.41, 5.74) is 2.27. The van der Waals surface area contributed by atoms with Gasteiger partial charge in [0.05, 0.1) is 28.8 Å². The Morgan fingerprint density at radius 1 is 1.29 bits per heavy atom. The number of nitrogens with zero attached hydrogens (tertiary/aromatic N) is 3. The Morgan fingerprint density at radius 2 is 2.06 bits per heavy atom. The number of aryl methyl sites for hydroxylation is 1. The number of pyridine rings is 1. The Balaban J connectivity index is 1.39. The van der Waals surface area contributed by atoms with E-state index in [0.29, 0.717) is 65.3 Å². The number of carbonyl (C=O) groups is 2. The Labute approximate surface area is 205 Å². The van der Waals surface area contributed by atoms with Crippen molar-refractivity contribution in [1.29, 1.82) is 0 Å². The molecule has 1 fully saturated rings. The molecule has 10 heteroatoms. The van der Waals surface area contributed by atoms with Crippen LogP contribution in [0.3, 0.4) is 0 Å². The van der Waals surface area contributed by atoms with Crippen molar-refractivity contribution in [3.8, 4) is 11.3 Å². The Hall–Kier alpha value is -3.04. The van der Waals surface area contributed by atoms with E-state index in [1.807, 2.05) is 4.90 Å². The van der Waals surface area contributed by atoms with E-state index in [9.17, 15) is 14.0 Å². The Bertz CT molecular complexity index is 1210. The van der Waals surface area contributed by atoms with Crippen molar-refractivity contribution in [3.63, 3.8) is 0 Å². The number of halogens is 2. The zero-order chi connectivity index (χ0) is 24.2. The number of thiazole rings is 1. The lowest BCUT2D eigenvalue weighted by atomic mass is 9.97. The first-order chi connectivity index (χ1) is 16.4. The van der Waals surface area contributed by atoms with Gasteiger partial charge in [0.25, 0.3) is 5.91 Å². The average Bonchev–Trinajstić information content (AvgIpc) is 3.29. The third-order valence-electron chi connectivity index (χ3n) is 5.68. The second-order valence-corrected chi connectivity index (χ2v) is 9.26. The van der Waals surface area contributed by atoms with E-state index in [1.54, 1.807) is 37.4 Å². The van der Waals surface area contributed by atoms with Crippen LogP contribution in [0.5, 0.6) is 0 Å². The SMILES string of the molecule is CCOC(=O)C1CCN(c2ncc(C(=O)Nc3nc(-c4ccc(F)c(C)c4)cs3)cc2Cl)CC1. The topological polar surface area (TPSA) is 84.4 Å². The number of rotatable bonds is 6. The second-order valence-electron chi connectivity index (χ2n) is 8.00. The van der Waals surface area contributed by atoms with Crippen LogP contribution in [-0.4, -0.2) is 41.5 Å². The number of anilines is 2. The van der Waals surface area contributed by atoms with Gasteiger partial charge in [-0.2, -0.15) is 0 Å². The molecule has 7 nitrogen and oxygen atoms in total. The minimum absolute atomic E-state index is 0.109. The minimum Gasteiger partial charge on any atom is -0.466 e. The smallest absolute Gasteiger partial charge is 0.309 e. The van der Waals surface area contributed by atoms with Crippen LogP contribution in [0.15, 0.2) is 35.8 Å². The second kappa shape index (κ2) is 10.5. The lowest BCUT2D eigenvalue weighted by molar-refractivity contribution is -0.148. The zero-order valence-electron chi connectivity index (χ0n) is 18.8. The molecule has 0 radical (unpaired) electrons. The van der Waals surface area contributed by atoms with Crippen molar-refractivity contribution >= 4 is 45.8 Å². The van der Waals surface area contributed by atoms with Gasteiger partial charge in [-0.15, -0.1) is 11.3 Å². The van der Waals surface area contributed by atoms with Crippen LogP contribution in [0.2, 0.25) is 5.02 Å². The lowest BCUT2D eigenvalue weighted by Gasteiger charge is -2.32. The number of hydrogen-bond donors (Lipinski definition) is 1. The van der Waals surface area contributed by atoms with Crippen molar-refractivity contribution in [2.75, 3.05) is 29.9 Å². The monoisotopic (exact) mass is 502 g/mol. The molecule has 1 N–H and O–H groups in total. The molecule has 0 unspecified atom stereocenters. The quantitative estimate of drug-likeness (QED) is 0.458. The van der Waals surface area contributed by atoms with E-state index in [-0.39, 0.29) is 23.6 Å².